The lowest BCUT2D eigenvalue weighted by Crippen LogP contribution is -2.51. The van der Waals surface area contributed by atoms with E-state index in [1.54, 1.807) is 20.8 Å². The summed E-state index contributed by atoms with van der Waals surface area (Å²) in [7, 11) is 0. The van der Waals surface area contributed by atoms with Crippen molar-refractivity contribution in [3.8, 4) is 11.8 Å². The van der Waals surface area contributed by atoms with Crippen molar-refractivity contribution < 1.29 is 23.8 Å². The fourth-order valence-corrected chi connectivity index (χ4v) is 3.83. The molecule has 2 amide bonds. The van der Waals surface area contributed by atoms with Gasteiger partial charge in [-0.15, -0.1) is 0 Å². The van der Waals surface area contributed by atoms with Gasteiger partial charge in [0.25, 0.3) is 0 Å². The summed E-state index contributed by atoms with van der Waals surface area (Å²) in [6.45, 7) is 5.56. The summed E-state index contributed by atoms with van der Waals surface area (Å²) >= 11 is 0. The average Bonchev–Trinajstić information content (AvgIpc) is 2.77. The number of anilines is 1. The molecule has 1 saturated heterocycles. The monoisotopic (exact) mass is 375 g/mol. The molecule has 2 heterocycles. The van der Waals surface area contributed by atoms with Gasteiger partial charge < -0.3 is 14.7 Å². The highest BCUT2D eigenvalue weighted by Crippen LogP contribution is 2.50. The van der Waals surface area contributed by atoms with E-state index < -0.39 is 22.9 Å². The molecule has 7 nitrogen and oxygen atoms in total. The summed E-state index contributed by atoms with van der Waals surface area (Å²) in [6, 6.07) is 4.20. The molecule has 1 spiro atoms. The maximum absolute atomic E-state index is 14.7. The van der Waals surface area contributed by atoms with Crippen molar-refractivity contribution in [3.05, 3.63) is 23.5 Å². The maximum atomic E-state index is 14.7. The minimum absolute atomic E-state index is 0.199. The molecule has 1 N–H and O–H groups in total. The first kappa shape index (κ1) is 19.0. The fraction of sp³-hybridized carbons (Fsp3) is 0.526. The number of ether oxygens (including phenoxy) is 1. The quantitative estimate of drug-likeness (QED) is 0.762. The number of hydrogen-bond donors (Lipinski definition) is 1. The van der Waals surface area contributed by atoms with Crippen LogP contribution >= 0.6 is 0 Å². The Labute approximate surface area is 156 Å². The van der Waals surface area contributed by atoms with Crippen LogP contribution in [0, 0.1) is 17.1 Å². The topological polar surface area (TPSA) is 93.9 Å². The van der Waals surface area contributed by atoms with Crippen LogP contribution in [0.15, 0.2) is 12.1 Å². The third-order valence-corrected chi connectivity index (χ3v) is 4.98. The van der Waals surface area contributed by atoms with E-state index >= 15 is 0 Å². The SMILES string of the molecule is CC(C)(C)OC(=O)N1CCC2(CC1)C(=O)N(CC#N)c1cc(O)cc(F)c12. The number of phenols is 1. The van der Waals surface area contributed by atoms with Crippen molar-refractivity contribution in [2.24, 2.45) is 0 Å². The summed E-state index contributed by atoms with van der Waals surface area (Å²) in [4.78, 5) is 28.1. The van der Waals surface area contributed by atoms with Crippen LogP contribution in [0.3, 0.4) is 0 Å². The zero-order valence-corrected chi connectivity index (χ0v) is 15.6. The number of likely N-dealkylation sites (tertiary alicyclic amines) is 1. The normalized spacial score (nSPS) is 18.4. The van der Waals surface area contributed by atoms with Gasteiger partial charge in [0.1, 0.15) is 23.7 Å². The lowest BCUT2D eigenvalue weighted by atomic mass is 9.73. The number of nitrogens with zero attached hydrogens (tertiary/aromatic N) is 3. The lowest BCUT2D eigenvalue weighted by Gasteiger charge is -2.38. The third-order valence-electron chi connectivity index (χ3n) is 4.98. The summed E-state index contributed by atoms with van der Waals surface area (Å²) in [5.74, 6) is -1.35. The zero-order chi connectivity index (χ0) is 20.0. The molecule has 27 heavy (non-hydrogen) atoms. The first-order chi connectivity index (χ1) is 12.6. The van der Waals surface area contributed by atoms with Gasteiger partial charge in [-0.25, -0.2) is 9.18 Å². The Bertz CT molecular complexity index is 833. The van der Waals surface area contributed by atoms with Crippen LogP contribution in [0.2, 0.25) is 0 Å². The van der Waals surface area contributed by atoms with Gasteiger partial charge in [-0.3, -0.25) is 9.69 Å². The van der Waals surface area contributed by atoms with Crippen molar-refractivity contribution in [2.45, 2.75) is 44.6 Å². The molecule has 1 fully saturated rings. The van der Waals surface area contributed by atoms with Crippen molar-refractivity contribution in [2.75, 3.05) is 24.5 Å². The number of carbonyl (C=O) groups is 2. The van der Waals surface area contributed by atoms with Crippen LogP contribution in [0.4, 0.5) is 14.9 Å². The molecule has 1 aromatic rings. The highest BCUT2D eigenvalue weighted by Gasteiger charge is 2.54. The number of aromatic hydroxyl groups is 1. The standard InChI is InChI=1S/C19H22FN3O4/c1-18(2,3)27-17(26)22-7-4-19(5-8-22)15-13(20)10-12(24)11-14(15)23(9-6-21)16(19)25/h10-11,24H,4-5,7-9H2,1-3H3. The van der Waals surface area contributed by atoms with Gasteiger partial charge in [-0.2, -0.15) is 5.26 Å². The van der Waals surface area contributed by atoms with E-state index in [-0.39, 0.29) is 55.4 Å². The molecule has 1 aromatic carbocycles. The number of fused-ring (bicyclic) bond motifs is 2. The van der Waals surface area contributed by atoms with Crippen molar-refractivity contribution in [3.63, 3.8) is 0 Å². The summed E-state index contributed by atoms with van der Waals surface area (Å²) in [6.07, 6.45) is -0.0216. The number of phenolic OH excluding ortho intramolecular Hbond substituents is 1. The van der Waals surface area contributed by atoms with Crippen LogP contribution in [0.25, 0.3) is 0 Å². The Balaban J connectivity index is 1.91. The zero-order valence-electron chi connectivity index (χ0n) is 15.6. The van der Waals surface area contributed by atoms with E-state index in [0.717, 1.165) is 6.07 Å². The highest BCUT2D eigenvalue weighted by atomic mass is 19.1. The average molecular weight is 375 g/mol. The summed E-state index contributed by atoms with van der Waals surface area (Å²) < 4.78 is 20.1. The van der Waals surface area contributed by atoms with Gasteiger partial charge in [-0.1, -0.05) is 0 Å². The Morgan fingerprint density at radius 1 is 1.37 bits per heavy atom. The van der Waals surface area contributed by atoms with E-state index in [1.165, 1.54) is 15.9 Å². The van der Waals surface area contributed by atoms with E-state index in [1.807, 2.05) is 6.07 Å². The number of nitriles is 1. The largest absolute Gasteiger partial charge is 0.508 e. The van der Waals surface area contributed by atoms with E-state index in [0.29, 0.717) is 0 Å². The minimum Gasteiger partial charge on any atom is -0.508 e. The predicted octanol–water partition coefficient (Wildman–Crippen LogP) is 2.67. The second kappa shape index (κ2) is 6.41. The Hall–Kier alpha value is -2.82. The fourth-order valence-electron chi connectivity index (χ4n) is 3.83. The third kappa shape index (κ3) is 3.18. The molecule has 0 saturated carbocycles. The molecular weight excluding hydrogens is 353 g/mol. The molecule has 3 rings (SSSR count). The molecule has 2 aliphatic rings. The number of benzene rings is 1. The maximum Gasteiger partial charge on any atom is 0.410 e. The van der Waals surface area contributed by atoms with Crippen molar-refractivity contribution >= 4 is 17.7 Å². The number of amides is 2. The van der Waals surface area contributed by atoms with Gasteiger partial charge >= 0.3 is 6.09 Å². The smallest absolute Gasteiger partial charge is 0.410 e. The molecule has 8 heteroatoms. The van der Waals surface area contributed by atoms with Gasteiger partial charge in [0.15, 0.2) is 0 Å². The molecule has 0 unspecified atom stereocenters. The van der Waals surface area contributed by atoms with Crippen LogP contribution in [-0.2, 0) is 14.9 Å². The van der Waals surface area contributed by atoms with Crippen LogP contribution in [0.1, 0.15) is 39.2 Å². The summed E-state index contributed by atoms with van der Waals surface area (Å²) in [5.41, 5.74) is -1.34. The van der Waals surface area contributed by atoms with Crippen molar-refractivity contribution in [1.82, 2.24) is 4.90 Å². The number of halogens is 1. The molecule has 0 radical (unpaired) electrons. The van der Waals surface area contributed by atoms with Crippen molar-refractivity contribution in [1.29, 1.82) is 5.26 Å². The number of piperidine rings is 1. The molecular formula is C19H22FN3O4. The highest BCUT2D eigenvalue weighted by molar-refractivity contribution is 6.08. The summed E-state index contributed by atoms with van der Waals surface area (Å²) in [5, 5.41) is 18.8. The molecule has 0 aliphatic carbocycles. The predicted molar refractivity (Wildman–Crippen MR) is 94.7 cm³/mol. The number of carbonyl (C=O) groups excluding carboxylic acids is 2. The van der Waals surface area contributed by atoms with E-state index in [2.05, 4.69) is 0 Å². The molecule has 0 aromatic heterocycles. The van der Waals surface area contributed by atoms with Crippen LogP contribution in [-0.4, -0.2) is 47.2 Å². The number of hydrogen-bond acceptors (Lipinski definition) is 5. The van der Waals surface area contributed by atoms with Crippen LogP contribution < -0.4 is 4.90 Å². The second-order valence-corrected chi connectivity index (χ2v) is 7.92. The van der Waals surface area contributed by atoms with Gasteiger partial charge in [0.2, 0.25) is 5.91 Å². The Morgan fingerprint density at radius 3 is 2.56 bits per heavy atom. The Morgan fingerprint density at radius 2 is 2.00 bits per heavy atom. The van der Waals surface area contributed by atoms with E-state index in [9.17, 15) is 19.1 Å². The second-order valence-electron chi connectivity index (χ2n) is 7.92. The van der Waals surface area contributed by atoms with Gasteiger partial charge in [0.05, 0.1) is 17.2 Å². The minimum atomic E-state index is -1.14. The van der Waals surface area contributed by atoms with Crippen LogP contribution in [0.5, 0.6) is 5.75 Å². The number of rotatable bonds is 1. The molecule has 0 bridgehead atoms. The molecule has 0 atom stereocenters. The van der Waals surface area contributed by atoms with Gasteiger partial charge in [-0.05, 0) is 33.6 Å². The van der Waals surface area contributed by atoms with Gasteiger partial charge in [0, 0.05) is 30.8 Å². The lowest BCUT2D eigenvalue weighted by molar-refractivity contribution is -0.124. The first-order valence-electron chi connectivity index (χ1n) is 8.79. The van der Waals surface area contributed by atoms with E-state index in [4.69, 9.17) is 10.00 Å². The Kier molecular flexibility index (Phi) is 4.50. The molecule has 144 valence electrons. The first-order valence-corrected chi connectivity index (χ1v) is 8.79. The molecule has 2 aliphatic heterocycles.